The summed E-state index contributed by atoms with van der Waals surface area (Å²) in [5.41, 5.74) is 3.66. The van der Waals surface area contributed by atoms with Crippen molar-refractivity contribution in [1.82, 2.24) is 15.2 Å². The molecule has 3 aromatic carbocycles. The molecular weight excluding hydrogens is 461 g/mol. The number of hydrogen-bond acceptors (Lipinski definition) is 4. The zero-order chi connectivity index (χ0) is 24.0. The topological polar surface area (TPSA) is 82.7 Å². The number of benzene rings is 3. The third-order valence-electron chi connectivity index (χ3n) is 5.07. The van der Waals surface area contributed by atoms with Crippen LogP contribution in [-0.4, -0.2) is 21.2 Å². The van der Waals surface area contributed by atoms with Crippen LogP contribution in [-0.2, 0) is 0 Å². The molecule has 2 heterocycles. The van der Waals surface area contributed by atoms with Gasteiger partial charge in [-0.3, -0.25) is 10.1 Å². The van der Waals surface area contributed by atoms with Crippen LogP contribution in [0, 0.1) is 5.82 Å². The number of anilines is 2. The molecule has 8 heteroatoms. The highest BCUT2D eigenvalue weighted by Crippen LogP contribution is 2.32. The quantitative estimate of drug-likeness (QED) is 0.242. The van der Waals surface area contributed by atoms with E-state index in [1.54, 1.807) is 36.2 Å². The van der Waals surface area contributed by atoms with Crippen LogP contribution in [0.25, 0.3) is 23.1 Å². The normalized spacial score (nSPS) is 11.1. The van der Waals surface area contributed by atoms with E-state index in [4.69, 9.17) is 0 Å². The van der Waals surface area contributed by atoms with Crippen LogP contribution >= 0.6 is 11.8 Å². The summed E-state index contributed by atoms with van der Waals surface area (Å²) < 4.78 is 13.3. The van der Waals surface area contributed by atoms with Crippen molar-refractivity contribution >= 4 is 52.2 Å². The number of nitrogens with one attached hydrogen (secondary N) is 3. The largest absolute Gasteiger partial charge is 0.323 e. The van der Waals surface area contributed by atoms with E-state index in [9.17, 15) is 9.18 Å². The fourth-order valence-corrected chi connectivity index (χ4v) is 4.40. The molecule has 0 saturated heterocycles. The number of hydrogen-bond donors (Lipinski definition) is 3. The minimum Gasteiger partial charge on any atom is -0.308 e. The van der Waals surface area contributed by atoms with Gasteiger partial charge in [0.1, 0.15) is 5.82 Å². The zero-order valence-corrected chi connectivity index (χ0v) is 19.2. The molecule has 0 atom stereocenters. The highest BCUT2D eigenvalue weighted by molar-refractivity contribution is 7.99. The van der Waals surface area contributed by atoms with E-state index >= 15 is 0 Å². The molecule has 2 aromatic heterocycles. The molecule has 3 N–H and O–H groups in total. The third kappa shape index (κ3) is 5.74. The first-order valence-corrected chi connectivity index (χ1v) is 11.6. The maximum absolute atomic E-state index is 13.3. The van der Waals surface area contributed by atoms with E-state index in [2.05, 4.69) is 25.8 Å². The number of rotatable bonds is 6. The van der Waals surface area contributed by atoms with Gasteiger partial charge in [0.2, 0.25) is 0 Å². The van der Waals surface area contributed by atoms with Gasteiger partial charge in [-0.15, -0.1) is 0 Å². The van der Waals surface area contributed by atoms with Crippen LogP contribution in [0.5, 0.6) is 0 Å². The Balaban J connectivity index is 1.26. The highest BCUT2D eigenvalue weighted by atomic mass is 32.2. The Kier molecular flexibility index (Phi) is 6.54. The number of halogens is 1. The minimum atomic E-state index is -0.442. The minimum absolute atomic E-state index is 0.384. The Labute approximate surface area is 205 Å². The number of fused-ring (bicyclic) bond motifs is 1. The van der Waals surface area contributed by atoms with Gasteiger partial charge in [0.25, 0.3) is 0 Å². The van der Waals surface area contributed by atoms with Gasteiger partial charge in [-0.25, -0.2) is 9.18 Å². The molecule has 0 saturated carbocycles. The van der Waals surface area contributed by atoms with Gasteiger partial charge >= 0.3 is 6.03 Å². The first-order valence-electron chi connectivity index (χ1n) is 10.8. The molecule has 35 heavy (non-hydrogen) atoms. The second-order valence-electron chi connectivity index (χ2n) is 7.62. The van der Waals surface area contributed by atoms with E-state index < -0.39 is 11.8 Å². The first-order chi connectivity index (χ1) is 17.1. The molecule has 0 aliphatic rings. The highest BCUT2D eigenvalue weighted by Gasteiger charge is 2.08. The van der Waals surface area contributed by atoms with Crippen LogP contribution in [0.2, 0.25) is 0 Å². The standard InChI is InChI=1S/C27H20FN5OS/c28-18-5-3-7-20(15-18)30-27(34)31-21-8-4-9-22(16-21)35-23-11-12-24-25(32-33-26(24)17-23)13-10-19-6-1-2-14-29-19/h1-17H,(H,32,33)(H2,30,31,34)/b13-10+. The van der Waals surface area contributed by atoms with E-state index in [0.29, 0.717) is 11.4 Å². The summed E-state index contributed by atoms with van der Waals surface area (Å²) >= 11 is 1.57. The Morgan fingerprint density at radius 3 is 2.46 bits per heavy atom. The van der Waals surface area contributed by atoms with Crippen LogP contribution in [0.4, 0.5) is 20.6 Å². The fourth-order valence-electron chi connectivity index (χ4n) is 3.48. The van der Waals surface area contributed by atoms with Crippen LogP contribution in [0.3, 0.4) is 0 Å². The van der Waals surface area contributed by atoms with Crippen molar-refractivity contribution in [2.45, 2.75) is 9.79 Å². The summed E-state index contributed by atoms with van der Waals surface area (Å²) in [5.74, 6) is -0.410. The second kappa shape index (κ2) is 10.2. The molecule has 6 nitrogen and oxygen atoms in total. The van der Waals surface area contributed by atoms with E-state index in [0.717, 1.165) is 32.1 Å². The Hall–Kier alpha value is -4.43. The number of amides is 2. The Bertz CT molecular complexity index is 1520. The third-order valence-corrected chi connectivity index (χ3v) is 6.05. The maximum atomic E-state index is 13.3. The number of carbonyl (C=O) groups is 1. The molecule has 0 spiro atoms. The molecule has 0 bridgehead atoms. The number of aromatic amines is 1. The van der Waals surface area contributed by atoms with Crippen molar-refractivity contribution in [2.24, 2.45) is 0 Å². The summed E-state index contributed by atoms with van der Waals surface area (Å²) in [5, 5.41) is 13.9. The second-order valence-corrected chi connectivity index (χ2v) is 8.77. The lowest BCUT2D eigenvalue weighted by molar-refractivity contribution is 0.262. The summed E-state index contributed by atoms with van der Waals surface area (Å²) in [7, 11) is 0. The molecule has 0 fully saturated rings. The van der Waals surface area contributed by atoms with Gasteiger partial charge in [0, 0.05) is 32.7 Å². The molecule has 0 aliphatic carbocycles. The van der Waals surface area contributed by atoms with Crippen molar-refractivity contribution in [2.75, 3.05) is 10.6 Å². The Morgan fingerprint density at radius 1 is 0.857 bits per heavy atom. The van der Waals surface area contributed by atoms with Crippen LogP contribution in [0.15, 0.2) is 101 Å². The smallest absolute Gasteiger partial charge is 0.308 e. The molecule has 0 unspecified atom stereocenters. The number of aromatic nitrogens is 3. The summed E-state index contributed by atoms with van der Waals surface area (Å²) in [6.45, 7) is 0. The average Bonchev–Trinajstić information content (AvgIpc) is 3.26. The lowest BCUT2D eigenvalue weighted by Crippen LogP contribution is -2.19. The number of H-pyrrole nitrogens is 1. The van der Waals surface area contributed by atoms with Crippen LogP contribution < -0.4 is 10.6 Å². The molecule has 5 aromatic rings. The summed E-state index contributed by atoms with van der Waals surface area (Å²) in [6, 6.07) is 24.7. The summed E-state index contributed by atoms with van der Waals surface area (Å²) in [6.07, 6.45) is 5.63. The number of pyridine rings is 1. The molecule has 172 valence electrons. The number of nitrogens with zero attached hydrogens (tertiary/aromatic N) is 2. The monoisotopic (exact) mass is 481 g/mol. The fraction of sp³-hybridized carbons (Fsp3) is 0. The van der Waals surface area contributed by atoms with Gasteiger partial charge < -0.3 is 10.6 Å². The van der Waals surface area contributed by atoms with Crippen molar-refractivity contribution in [3.8, 4) is 0 Å². The lowest BCUT2D eigenvalue weighted by Gasteiger charge is -2.09. The van der Waals surface area contributed by atoms with Gasteiger partial charge in [-0.1, -0.05) is 30.0 Å². The number of carbonyl (C=O) groups excluding carboxylic acids is 1. The van der Waals surface area contributed by atoms with Crippen molar-refractivity contribution < 1.29 is 9.18 Å². The van der Waals surface area contributed by atoms with E-state index in [-0.39, 0.29) is 0 Å². The van der Waals surface area contributed by atoms with Gasteiger partial charge in [0.05, 0.1) is 16.9 Å². The number of urea groups is 1. The predicted octanol–water partition coefficient (Wildman–Crippen LogP) is 7.06. The van der Waals surface area contributed by atoms with E-state index in [1.807, 2.05) is 66.7 Å². The predicted molar refractivity (Wildman–Crippen MR) is 139 cm³/mol. The molecule has 5 rings (SSSR count). The SMILES string of the molecule is O=C(Nc1cccc(F)c1)Nc1cccc(Sc2ccc3c(/C=C/c4ccccn4)n[nH]c3c2)c1. The summed E-state index contributed by atoms with van der Waals surface area (Å²) in [4.78, 5) is 18.6. The van der Waals surface area contributed by atoms with Crippen molar-refractivity contribution in [3.63, 3.8) is 0 Å². The van der Waals surface area contributed by atoms with E-state index in [1.165, 1.54) is 12.1 Å². The van der Waals surface area contributed by atoms with Gasteiger partial charge in [0.15, 0.2) is 0 Å². The molecule has 0 radical (unpaired) electrons. The molecule has 2 amide bonds. The lowest BCUT2D eigenvalue weighted by atomic mass is 10.2. The molecule has 0 aliphatic heterocycles. The Morgan fingerprint density at radius 2 is 1.66 bits per heavy atom. The zero-order valence-electron chi connectivity index (χ0n) is 18.4. The van der Waals surface area contributed by atoms with Crippen molar-refractivity contribution in [1.29, 1.82) is 0 Å². The molecular formula is C27H20FN5OS. The average molecular weight is 482 g/mol. The van der Waals surface area contributed by atoms with Crippen molar-refractivity contribution in [3.05, 3.63) is 108 Å². The van der Waals surface area contributed by atoms with Crippen LogP contribution in [0.1, 0.15) is 11.4 Å². The maximum Gasteiger partial charge on any atom is 0.323 e. The van der Waals surface area contributed by atoms with Gasteiger partial charge in [-0.2, -0.15) is 5.10 Å². The first kappa shape index (κ1) is 22.4. The van der Waals surface area contributed by atoms with Gasteiger partial charge in [-0.05, 0) is 78.9 Å².